The molecule has 3 atom stereocenters. The smallest absolute Gasteiger partial charge is 0.0155 e. The lowest BCUT2D eigenvalue weighted by molar-refractivity contribution is -0.0788. The number of piperidine rings is 1. The summed E-state index contributed by atoms with van der Waals surface area (Å²) in [6.07, 6.45) is 12.9. The van der Waals surface area contributed by atoms with E-state index in [0.717, 1.165) is 17.5 Å². The van der Waals surface area contributed by atoms with Gasteiger partial charge in [-0.1, -0.05) is 19.3 Å². The molecule has 2 saturated carbocycles. The van der Waals surface area contributed by atoms with Gasteiger partial charge in [-0.25, -0.2) is 0 Å². The van der Waals surface area contributed by atoms with Gasteiger partial charge < -0.3 is 5.73 Å². The molecule has 1 heterocycles. The lowest BCUT2D eigenvalue weighted by Crippen LogP contribution is -2.61. The van der Waals surface area contributed by atoms with E-state index in [1.807, 2.05) is 0 Å². The summed E-state index contributed by atoms with van der Waals surface area (Å²) >= 11 is 0. The van der Waals surface area contributed by atoms with Crippen LogP contribution in [0.15, 0.2) is 0 Å². The Bertz CT molecular complexity index is 270. The van der Waals surface area contributed by atoms with Gasteiger partial charge in [-0.3, -0.25) is 4.90 Å². The van der Waals surface area contributed by atoms with Crippen LogP contribution in [-0.2, 0) is 0 Å². The fourth-order valence-corrected chi connectivity index (χ4v) is 4.73. The maximum atomic E-state index is 6.09. The first-order valence-corrected chi connectivity index (χ1v) is 7.73. The lowest BCUT2D eigenvalue weighted by atomic mass is 9.56. The molecular weight excluding hydrogens is 208 g/mol. The average molecular weight is 236 g/mol. The first kappa shape index (κ1) is 12.0. The monoisotopic (exact) mass is 236 g/mol. The Morgan fingerprint density at radius 2 is 1.82 bits per heavy atom. The minimum absolute atomic E-state index is 0.462. The molecule has 1 spiro atoms. The van der Waals surface area contributed by atoms with Crippen LogP contribution in [0.3, 0.4) is 0 Å². The molecule has 0 aromatic carbocycles. The topological polar surface area (TPSA) is 29.3 Å². The zero-order valence-corrected chi connectivity index (χ0v) is 11.3. The first-order chi connectivity index (χ1) is 8.21. The fraction of sp³-hybridized carbons (Fsp3) is 1.00. The molecule has 17 heavy (non-hydrogen) atoms. The fourth-order valence-electron chi connectivity index (χ4n) is 4.73. The first-order valence-electron chi connectivity index (χ1n) is 7.73. The quantitative estimate of drug-likeness (QED) is 0.758. The summed E-state index contributed by atoms with van der Waals surface area (Å²) in [5.74, 6) is 0. The van der Waals surface area contributed by atoms with E-state index in [1.165, 1.54) is 64.3 Å². The third-order valence-corrected chi connectivity index (χ3v) is 5.84. The molecule has 0 aromatic rings. The second-order valence-electron chi connectivity index (χ2n) is 6.85. The van der Waals surface area contributed by atoms with Crippen molar-refractivity contribution >= 4 is 0 Å². The van der Waals surface area contributed by atoms with Crippen molar-refractivity contribution in [2.24, 2.45) is 11.1 Å². The van der Waals surface area contributed by atoms with Gasteiger partial charge in [0.1, 0.15) is 0 Å². The maximum Gasteiger partial charge on any atom is 0.0155 e. The van der Waals surface area contributed by atoms with E-state index in [0.29, 0.717) is 6.04 Å². The van der Waals surface area contributed by atoms with Crippen molar-refractivity contribution in [1.29, 1.82) is 0 Å². The predicted octanol–water partition coefficient (Wildman–Crippen LogP) is 2.91. The highest BCUT2D eigenvalue weighted by Crippen LogP contribution is 2.54. The minimum Gasteiger partial charge on any atom is -0.328 e. The van der Waals surface area contributed by atoms with Crippen LogP contribution in [0.25, 0.3) is 0 Å². The molecule has 98 valence electrons. The molecule has 2 nitrogen and oxygen atoms in total. The second kappa shape index (κ2) is 4.55. The van der Waals surface area contributed by atoms with Crippen LogP contribution in [-0.4, -0.2) is 29.6 Å². The van der Waals surface area contributed by atoms with Crippen LogP contribution in [0.4, 0.5) is 0 Å². The number of rotatable bonds is 1. The zero-order valence-electron chi connectivity index (χ0n) is 11.3. The highest BCUT2D eigenvalue weighted by Gasteiger charge is 2.50. The van der Waals surface area contributed by atoms with Crippen LogP contribution in [0, 0.1) is 5.41 Å². The molecule has 0 radical (unpaired) electrons. The van der Waals surface area contributed by atoms with Gasteiger partial charge in [-0.2, -0.15) is 0 Å². The molecular formula is C15H28N2. The third-order valence-electron chi connectivity index (χ3n) is 5.84. The number of nitrogens with zero attached hydrogens (tertiary/aromatic N) is 1. The van der Waals surface area contributed by atoms with Crippen molar-refractivity contribution in [2.45, 2.75) is 82.8 Å². The summed E-state index contributed by atoms with van der Waals surface area (Å²) < 4.78 is 0. The molecule has 0 bridgehead atoms. The molecule has 2 N–H and O–H groups in total. The van der Waals surface area contributed by atoms with E-state index in [2.05, 4.69) is 11.8 Å². The molecule has 0 amide bonds. The summed E-state index contributed by atoms with van der Waals surface area (Å²) in [5.41, 5.74) is 6.82. The maximum absolute atomic E-state index is 6.09. The van der Waals surface area contributed by atoms with E-state index in [4.69, 9.17) is 5.73 Å². The summed E-state index contributed by atoms with van der Waals surface area (Å²) in [7, 11) is 0. The van der Waals surface area contributed by atoms with Crippen LogP contribution >= 0.6 is 0 Å². The summed E-state index contributed by atoms with van der Waals surface area (Å²) in [6, 6.07) is 2.09. The zero-order chi connectivity index (χ0) is 11.9. The molecule has 1 aliphatic heterocycles. The lowest BCUT2D eigenvalue weighted by Gasteiger charge is -2.59. The second-order valence-corrected chi connectivity index (χ2v) is 6.85. The van der Waals surface area contributed by atoms with Gasteiger partial charge in [0.2, 0.25) is 0 Å². The van der Waals surface area contributed by atoms with E-state index in [1.54, 1.807) is 0 Å². The van der Waals surface area contributed by atoms with Crippen LogP contribution < -0.4 is 5.73 Å². The Hall–Kier alpha value is -0.0800. The SMILES string of the molecule is CC1CC(N)CCN1C1CCC12CCCCC2. The van der Waals surface area contributed by atoms with Crippen molar-refractivity contribution in [3.05, 3.63) is 0 Å². The summed E-state index contributed by atoms with van der Waals surface area (Å²) in [6.45, 7) is 3.66. The minimum atomic E-state index is 0.462. The number of hydrogen-bond acceptors (Lipinski definition) is 2. The van der Waals surface area contributed by atoms with Gasteiger partial charge in [0.05, 0.1) is 0 Å². The standard InChI is InChI=1S/C15H28N2/c1-12-11-13(16)6-10-17(12)14-5-9-15(14)7-3-2-4-8-15/h12-14H,2-11,16H2,1H3. The van der Waals surface area contributed by atoms with Crippen molar-refractivity contribution in [1.82, 2.24) is 4.90 Å². The summed E-state index contributed by atoms with van der Waals surface area (Å²) in [5, 5.41) is 0. The van der Waals surface area contributed by atoms with Crippen LogP contribution in [0.2, 0.25) is 0 Å². The van der Waals surface area contributed by atoms with Crippen molar-refractivity contribution < 1.29 is 0 Å². The predicted molar refractivity (Wildman–Crippen MR) is 71.9 cm³/mol. The average Bonchev–Trinajstić information content (AvgIpc) is 2.32. The van der Waals surface area contributed by atoms with Crippen molar-refractivity contribution in [3.63, 3.8) is 0 Å². The third kappa shape index (κ3) is 2.04. The molecule has 3 aliphatic rings. The highest BCUT2D eigenvalue weighted by molar-refractivity contribution is 5.04. The summed E-state index contributed by atoms with van der Waals surface area (Å²) in [4.78, 5) is 2.82. The Kier molecular flexibility index (Phi) is 3.20. The van der Waals surface area contributed by atoms with Gasteiger partial charge >= 0.3 is 0 Å². The largest absolute Gasteiger partial charge is 0.328 e. The van der Waals surface area contributed by atoms with E-state index < -0.39 is 0 Å². The van der Waals surface area contributed by atoms with Crippen LogP contribution in [0.5, 0.6) is 0 Å². The Balaban J connectivity index is 1.67. The van der Waals surface area contributed by atoms with Gasteiger partial charge in [0.15, 0.2) is 0 Å². The van der Waals surface area contributed by atoms with Crippen molar-refractivity contribution in [3.8, 4) is 0 Å². The number of hydrogen-bond donors (Lipinski definition) is 1. The molecule has 1 saturated heterocycles. The van der Waals surface area contributed by atoms with Gasteiger partial charge in [-0.05, 0) is 50.9 Å². The van der Waals surface area contributed by atoms with Crippen LogP contribution in [0.1, 0.15) is 64.7 Å². The van der Waals surface area contributed by atoms with Crippen molar-refractivity contribution in [2.75, 3.05) is 6.54 Å². The van der Waals surface area contributed by atoms with Gasteiger partial charge in [-0.15, -0.1) is 0 Å². The molecule has 3 fully saturated rings. The molecule has 3 unspecified atom stereocenters. The van der Waals surface area contributed by atoms with Gasteiger partial charge in [0.25, 0.3) is 0 Å². The number of likely N-dealkylation sites (tertiary alicyclic amines) is 1. The Labute approximate surface area is 106 Å². The number of nitrogens with two attached hydrogens (primary N) is 1. The Morgan fingerprint density at radius 3 is 2.41 bits per heavy atom. The molecule has 3 rings (SSSR count). The Morgan fingerprint density at radius 1 is 1.06 bits per heavy atom. The molecule has 2 heteroatoms. The van der Waals surface area contributed by atoms with E-state index >= 15 is 0 Å². The van der Waals surface area contributed by atoms with Gasteiger partial charge in [0, 0.05) is 24.7 Å². The normalized spacial score (nSPS) is 42.4. The molecule has 0 aromatic heterocycles. The van der Waals surface area contributed by atoms with E-state index in [-0.39, 0.29) is 0 Å². The van der Waals surface area contributed by atoms with E-state index in [9.17, 15) is 0 Å². The highest BCUT2D eigenvalue weighted by atomic mass is 15.2. The molecule has 2 aliphatic carbocycles.